The van der Waals surface area contributed by atoms with Crippen LogP contribution >= 0.6 is 15.9 Å². The van der Waals surface area contributed by atoms with Gasteiger partial charge in [0.15, 0.2) is 0 Å². The van der Waals surface area contributed by atoms with Gasteiger partial charge in [-0.1, -0.05) is 34.1 Å². The first kappa shape index (κ1) is 16.3. The number of carbonyl (C=O) groups excluding carboxylic acids is 2. The third kappa shape index (κ3) is 2.84. The van der Waals surface area contributed by atoms with Crippen molar-refractivity contribution in [2.24, 2.45) is 0 Å². The van der Waals surface area contributed by atoms with Gasteiger partial charge in [-0.15, -0.1) is 0 Å². The molecule has 4 nitrogen and oxygen atoms in total. The van der Waals surface area contributed by atoms with E-state index in [1.54, 1.807) is 24.3 Å². The highest BCUT2D eigenvalue weighted by Crippen LogP contribution is 2.38. The van der Waals surface area contributed by atoms with Crippen LogP contribution in [0.4, 0.5) is 13.2 Å². The molecular weight excluding hydrogens is 377 g/mol. The van der Waals surface area contributed by atoms with Crippen LogP contribution in [0.25, 0.3) is 0 Å². The van der Waals surface area contributed by atoms with Crippen molar-refractivity contribution in [3.63, 3.8) is 0 Å². The first-order chi connectivity index (χ1) is 10.8. The third-order valence-electron chi connectivity index (χ3n) is 4.24. The second-order valence-corrected chi connectivity index (χ2v) is 6.51. The summed E-state index contributed by atoms with van der Waals surface area (Å²) in [5.41, 5.74) is 1.19. The molecule has 2 aliphatic heterocycles. The molecule has 0 aromatic heterocycles. The molecule has 0 N–H and O–H groups in total. The molecule has 0 saturated carbocycles. The summed E-state index contributed by atoms with van der Waals surface area (Å²) in [5.74, 6) is -1.02. The highest BCUT2D eigenvalue weighted by Gasteiger charge is 2.48. The van der Waals surface area contributed by atoms with E-state index in [0.717, 1.165) is 10.5 Å². The first-order valence-corrected chi connectivity index (χ1v) is 8.12. The predicted molar refractivity (Wildman–Crippen MR) is 79.9 cm³/mol. The van der Waals surface area contributed by atoms with Gasteiger partial charge in [-0.05, 0) is 24.5 Å². The second-order valence-electron chi connectivity index (χ2n) is 5.64. The molecule has 1 fully saturated rings. The van der Waals surface area contributed by atoms with Gasteiger partial charge in [-0.25, -0.2) is 0 Å². The molecule has 2 aliphatic rings. The lowest BCUT2D eigenvalue weighted by atomic mass is 10.1. The molecule has 0 radical (unpaired) electrons. The van der Waals surface area contributed by atoms with Gasteiger partial charge < -0.3 is 9.80 Å². The number of fused-ring (bicyclic) bond motifs is 1. The fraction of sp³-hybridized carbons (Fsp3) is 0.467. The maximum Gasteiger partial charge on any atom is 0.408 e. The topological polar surface area (TPSA) is 40.6 Å². The summed E-state index contributed by atoms with van der Waals surface area (Å²) in [7, 11) is 0. The Kier molecular flexibility index (Phi) is 4.12. The molecule has 0 spiro atoms. The van der Waals surface area contributed by atoms with Crippen LogP contribution in [0.1, 0.15) is 33.7 Å². The van der Waals surface area contributed by atoms with Crippen LogP contribution in [-0.2, 0) is 4.79 Å². The number of benzene rings is 1. The van der Waals surface area contributed by atoms with Gasteiger partial charge in [-0.2, -0.15) is 13.2 Å². The third-order valence-corrected chi connectivity index (χ3v) is 5.23. The van der Waals surface area contributed by atoms with E-state index < -0.39 is 23.1 Å². The average Bonchev–Trinajstić information content (AvgIpc) is 3.08. The van der Waals surface area contributed by atoms with Gasteiger partial charge in [0.25, 0.3) is 5.91 Å². The van der Waals surface area contributed by atoms with Crippen molar-refractivity contribution < 1.29 is 22.8 Å². The van der Waals surface area contributed by atoms with Gasteiger partial charge in [0.05, 0.1) is 0 Å². The fourth-order valence-corrected chi connectivity index (χ4v) is 3.85. The van der Waals surface area contributed by atoms with Gasteiger partial charge in [-0.3, -0.25) is 9.59 Å². The highest BCUT2D eigenvalue weighted by atomic mass is 79.9. The summed E-state index contributed by atoms with van der Waals surface area (Å²) in [6.07, 6.45) is -4.19. The number of rotatable bonds is 2. The zero-order valence-corrected chi connectivity index (χ0v) is 13.6. The number of alkyl halides is 4. The molecule has 2 amide bonds. The van der Waals surface area contributed by atoms with Gasteiger partial charge in [0.2, 0.25) is 5.91 Å². The first-order valence-electron chi connectivity index (χ1n) is 7.21. The van der Waals surface area contributed by atoms with Crippen LogP contribution in [0, 0.1) is 0 Å². The van der Waals surface area contributed by atoms with Crippen LogP contribution in [-0.4, -0.2) is 46.9 Å². The maximum atomic E-state index is 13.0. The fourth-order valence-electron chi connectivity index (χ4n) is 3.12. The van der Waals surface area contributed by atoms with Crippen molar-refractivity contribution in [1.82, 2.24) is 9.80 Å². The molecular formula is C15H14BrF3N2O2. The van der Waals surface area contributed by atoms with Crippen molar-refractivity contribution in [3.05, 3.63) is 35.4 Å². The van der Waals surface area contributed by atoms with E-state index in [1.165, 1.54) is 4.90 Å². The van der Waals surface area contributed by atoms with E-state index in [-0.39, 0.29) is 25.4 Å². The van der Waals surface area contributed by atoms with Gasteiger partial charge in [0.1, 0.15) is 17.5 Å². The summed E-state index contributed by atoms with van der Waals surface area (Å²) in [4.78, 5) is 26.3. The predicted octanol–water partition coefficient (Wildman–Crippen LogP) is 3.09. The molecule has 23 heavy (non-hydrogen) atoms. The minimum absolute atomic E-state index is 0.0743. The van der Waals surface area contributed by atoms with E-state index in [2.05, 4.69) is 15.9 Å². The zero-order chi connectivity index (χ0) is 16.8. The van der Waals surface area contributed by atoms with E-state index in [0.29, 0.717) is 12.0 Å². The van der Waals surface area contributed by atoms with Crippen molar-refractivity contribution in [2.75, 3.05) is 13.1 Å². The molecule has 8 heteroatoms. The quantitative estimate of drug-likeness (QED) is 0.575. The number of carbonyl (C=O) groups is 2. The van der Waals surface area contributed by atoms with Crippen molar-refractivity contribution in [1.29, 1.82) is 0 Å². The van der Waals surface area contributed by atoms with Crippen molar-refractivity contribution >= 4 is 27.7 Å². The molecule has 1 aromatic carbocycles. The van der Waals surface area contributed by atoms with Crippen LogP contribution in [0.2, 0.25) is 0 Å². The summed E-state index contributed by atoms with van der Waals surface area (Å²) < 4.78 is 38.9. The number of nitrogens with zero attached hydrogens (tertiary/aromatic N) is 2. The van der Waals surface area contributed by atoms with E-state index >= 15 is 0 Å². The largest absolute Gasteiger partial charge is 0.408 e. The Morgan fingerprint density at radius 3 is 2.65 bits per heavy atom. The highest BCUT2D eigenvalue weighted by molar-refractivity contribution is 9.09. The Morgan fingerprint density at radius 2 is 2.00 bits per heavy atom. The lowest BCUT2D eigenvalue weighted by Gasteiger charge is -2.29. The number of likely N-dealkylation sites (tertiary alicyclic amines) is 1. The molecule has 3 rings (SSSR count). The van der Waals surface area contributed by atoms with Crippen molar-refractivity contribution in [3.8, 4) is 0 Å². The van der Waals surface area contributed by atoms with E-state index in [9.17, 15) is 22.8 Å². The standard InChI is InChI=1S/C15H14BrF3N2O2/c16-13-9-4-1-2-5-10(9)14(23)21(13)8-12(22)20-7-3-6-11(20)15(17,18)19/h1-2,4-5,11,13H,3,6-8H2/t11-,13?/m0/s1. The number of amides is 2. The zero-order valence-electron chi connectivity index (χ0n) is 12.0. The smallest absolute Gasteiger partial charge is 0.329 e. The maximum absolute atomic E-state index is 13.0. The summed E-state index contributed by atoms with van der Waals surface area (Å²) >= 11 is 3.35. The monoisotopic (exact) mass is 390 g/mol. The lowest BCUT2D eigenvalue weighted by Crippen LogP contribution is -2.48. The molecule has 1 aromatic rings. The molecule has 124 valence electrons. The molecule has 2 atom stereocenters. The van der Waals surface area contributed by atoms with Crippen LogP contribution in [0.5, 0.6) is 0 Å². The lowest BCUT2D eigenvalue weighted by molar-refractivity contribution is -0.182. The van der Waals surface area contributed by atoms with E-state index in [1.807, 2.05) is 0 Å². The number of hydrogen-bond acceptors (Lipinski definition) is 2. The minimum Gasteiger partial charge on any atom is -0.329 e. The molecule has 0 bridgehead atoms. The van der Waals surface area contributed by atoms with Crippen LogP contribution < -0.4 is 0 Å². The minimum atomic E-state index is -4.43. The molecule has 2 heterocycles. The Hall–Kier alpha value is -1.57. The SMILES string of the molecule is O=C1c2ccccc2C(Br)N1CC(=O)N1CCC[C@H]1C(F)(F)F. The summed E-state index contributed by atoms with van der Waals surface area (Å²) in [6, 6.07) is 5.13. The van der Waals surface area contributed by atoms with Crippen LogP contribution in [0.3, 0.4) is 0 Å². The van der Waals surface area contributed by atoms with Crippen LogP contribution in [0.15, 0.2) is 24.3 Å². The Balaban J connectivity index is 1.76. The molecule has 0 aliphatic carbocycles. The molecule has 1 unspecified atom stereocenters. The Labute approximate surface area is 139 Å². The van der Waals surface area contributed by atoms with Gasteiger partial charge >= 0.3 is 6.18 Å². The Morgan fingerprint density at radius 1 is 1.30 bits per heavy atom. The van der Waals surface area contributed by atoms with E-state index in [4.69, 9.17) is 0 Å². The van der Waals surface area contributed by atoms with Crippen molar-refractivity contribution in [2.45, 2.75) is 30.0 Å². The van der Waals surface area contributed by atoms with Gasteiger partial charge in [0, 0.05) is 12.1 Å². The normalized spacial score (nSPS) is 24.3. The Bertz CT molecular complexity index is 650. The average molecular weight is 391 g/mol. The second kappa shape index (κ2) is 5.81. The number of hydrogen-bond donors (Lipinski definition) is 0. The number of halogens is 4. The summed E-state index contributed by atoms with van der Waals surface area (Å²) in [5, 5.41) is 0. The summed E-state index contributed by atoms with van der Waals surface area (Å²) in [6.45, 7) is -0.291. The molecule has 1 saturated heterocycles.